The van der Waals surface area contributed by atoms with E-state index >= 15 is 0 Å². The molecule has 1 rings (SSSR count). The van der Waals surface area contributed by atoms with Gasteiger partial charge in [0, 0.05) is 12.1 Å². The van der Waals surface area contributed by atoms with Gasteiger partial charge >= 0.3 is 0 Å². The van der Waals surface area contributed by atoms with Gasteiger partial charge in [0.1, 0.15) is 0 Å². The minimum atomic E-state index is 0.145. The maximum Gasteiger partial charge on any atom is 0.0493 e. The molecular weight excluding hydrogens is 172 g/mol. The summed E-state index contributed by atoms with van der Waals surface area (Å²) >= 11 is 0. The molecule has 2 heteroatoms. The van der Waals surface area contributed by atoms with E-state index in [2.05, 4.69) is 57.1 Å². The third-order valence-corrected chi connectivity index (χ3v) is 2.56. The van der Waals surface area contributed by atoms with Gasteiger partial charge < -0.3 is 10.6 Å². The van der Waals surface area contributed by atoms with E-state index in [9.17, 15) is 0 Å². The molecule has 0 saturated carbocycles. The van der Waals surface area contributed by atoms with Gasteiger partial charge in [-0.2, -0.15) is 0 Å². The highest BCUT2D eigenvalue weighted by Gasteiger charge is 2.19. The van der Waals surface area contributed by atoms with E-state index in [0.717, 1.165) is 0 Å². The van der Waals surface area contributed by atoms with Crippen LogP contribution in [0.5, 0.6) is 0 Å². The third kappa shape index (κ3) is 2.34. The summed E-state index contributed by atoms with van der Waals surface area (Å²) in [6.45, 7) is 4.19. The van der Waals surface area contributed by atoms with Gasteiger partial charge in [0.05, 0.1) is 0 Å². The molecule has 14 heavy (non-hydrogen) atoms. The highest BCUT2D eigenvalue weighted by molar-refractivity contribution is 5.29. The molecule has 0 saturated heterocycles. The molecule has 0 aromatic heterocycles. The fourth-order valence-electron chi connectivity index (χ4n) is 1.95. The van der Waals surface area contributed by atoms with Crippen molar-refractivity contribution in [3.63, 3.8) is 0 Å². The van der Waals surface area contributed by atoms with E-state index in [0.29, 0.717) is 6.04 Å². The first-order chi connectivity index (χ1) is 6.54. The van der Waals surface area contributed by atoms with Crippen LogP contribution in [0.2, 0.25) is 0 Å². The number of rotatable bonds is 3. The lowest BCUT2D eigenvalue weighted by Crippen LogP contribution is -2.35. The van der Waals surface area contributed by atoms with Crippen LogP contribution in [0.3, 0.4) is 0 Å². The standard InChI is InChI=1S/C12H20N2/c1-9-7-5-6-8-11(9)12(10(2)13)14(3)4/h5-8,10,12H,13H2,1-4H3/t10-,12-/m0/s1. The molecule has 0 fully saturated rings. The second-order valence-electron chi connectivity index (χ2n) is 4.12. The summed E-state index contributed by atoms with van der Waals surface area (Å²) in [4.78, 5) is 2.17. The van der Waals surface area contributed by atoms with Crippen LogP contribution in [-0.4, -0.2) is 25.0 Å². The summed E-state index contributed by atoms with van der Waals surface area (Å²) in [5, 5.41) is 0. The minimum Gasteiger partial charge on any atom is -0.326 e. The summed E-state index contributed by atoms with van der Waals surface area (Å²) in [7, 11) is 4.14. The van der Waals surface area contributed by atoms with Crippen molar-refractivity contribution in [2.75, 3.05) is 14.1 Å². The smallest absolute Gasteiger partial charge is 0.0493 e. The first-order valence-corrected chi connectivity index (χ1v) is 5.01. The molecule has 0 radical (unpaired) electrons. The predicted molar refractivity (Wildman–Crippen MR) is 61.3 cm³/mol. The lowest BCUT2D eigenvalue weighted by molar-refractivity contribution is 0.265. The zero-order chi connectivity index (χ0) is 10.7. The van der Waals surface area contributed by atoms with Gasteiger partial charge in [-0.05, 0) is 39.1 Å². The van der Waals surface area contributed by atoms with Crippen molar-refractivity contribution in [2.45, 2.75) is 25.9 Å². The maximum atomic E-state index is 6.00. The number of benzene rings is 1. The Labute approximate surface area is 86.7 Å². The quantitative estimate of drug-likeness (QED) is 0.793. The van der Waals surface area contributed by atoms with Crippen LogP contribution >= 0.6 is 0 Å². The number of likely N-dealkylation sites (N-methyl/N-ethyl adjacent to an activating group) is 1. The van der Waals surface area contributed by atoms with Crippen molar-refractivity contribution in [2.24, 2.45) is 5.73 Å². The molecule has 0 unspecified atom stereocenters. The number of nitrogens with two attached hydrogens (primary N) is 1. The summed E-state index contributed by atoms with van der Waals surface area (Å²) in [6.07, 6.45) is 0. The Morgan fingerprint density at radius 3 is 2.21 bits per heavy atom. The van der Waals surface area contributed by atoms with Gasteiger partial charge in [0.2, 0.25) is 0 Å². The van der Waals surface area contributed by atoms with E-state index in [4.69, 9.17) is 5.73 Å². The molecule has 78 valence electrons. The first-order valence-electron chi connectivity index (χ1n) is 5.01. The molecule has 2 atom stereocenters. The molecule has 0 heterocycles. The van der Waals surface area contributed by atoms with Gasteiger partial charge in [-0.1, -0.05) is 24.3 Å². The Bertz CT molecular complexity index is 284. The zero-order valence-electron chi connectivity index (χ0n) is 9.49. The monoisotopic (exact) mass is 192 g/mol. The molecule has 0 amide bonds. The zero-order valence-corrected chi connectivity index (χ0v) is 9.49. The molecular formula is C12H20N2. The first kappa shape index (κ1) is 11.2. The Balaban J connectivity index is 3.05. The fourth-order valence-corrected chi connectivity index (χ4v) is 1.95. The lowest BCUT2D eigenvalue weighted by atomic mass is 9.96. The second-order valence-corrected chi connectivity index (χ2v) is 4.12. The summed E-state index contributed by atoms with van der Waals surface area (Å²) in [5.41, 5.74) is 8.63. The van der Waals surface area contributed by atoms with Crippen molar-refractivity contribution in [1.29, 1.82) is 0 Å². The predicted octanol–water partition coefficient (Wildman–Crippen LogP) is 1.94. The lowest BCUT2D eigenvalue weighted by Gasteiger charge is -2.29. The molecule has 2 nitrogen and oxygen atoms in total. The summed E-state index contributed by atoms with van der Waals surface area (Å²) in [6, 6.07) is 8.87. The number of nitrogens with zero attached hydrogens (tertiary/aromatic N) is 1. The molecule has 0 aliphatic heterocycles. The van der Waals surface area contributed by atoms with Crippen LogP contribution in [0, 0.1) is 6.92 Å². The van der Waals surface area contributed by atoms with E-state index in [-0.39, 0.29) is 6.04 Å². The van der Waals surface area contributed by atoms with E-state index < -0.39 is 0 Å². The van der Waals surface area contributed by atoms with Crippen LogP contribution in [0.15, 0.2) is 24.3 Å². The van der Waals surface area contributed by atoms with E-state index in [1.807, 2.05) is 0 Å². The van der Waals surface area contributed by atoms with Crippen molar-refractivity contribution < 1.29 is 0 Å². The Morgan fingerprint density at radius 2 is 1.79 bits per heavy atom. The molecule has 1 aromatic carbocycles. The minimum absolute atomic E-state index is 0.145. The fraction of sp³-hybridized carbons (Fsp3) is 0.500. The van der Waals surface area contributed by atoms with Gasteiger partial charge in [0.25, 0.3) is 0 Å². The van der Waals surface area contributed by atoms with Crippen LogP contribution in [0.4, 0.5) is 0 Å². The second kappa shape index (κ2) is 4.58. The van der Waals surface area contributed by atoms with Gasteiger partial charge in [-0.25, -0.2) is 0 Å². The van der Waals surface area contributed by atoms with Gasteiger partial charge in [0.15, 0.2) is 0 Å². The number of aryl methyl sites for hydroxylation is 1. The van der Waals surface area contributed by atoms with Crippen molar-refractivity contribution in [3.8, 4) is 0 Å². The van der Waals surface area contributed by atoms with E-state index in [1.54, 1.807) is 0 Å². The third-order valence-electron chi connectivity index (χ3n) is 2.56. The van der Waals surface area contributed by atoms with Crippen LogP contribution in [-0.2, 0) is 0 Å². The van der Waals surface area contributed by atoms with E-state index in [1.165, 1.54) is 11.1 Å². The highest BCUT2D eigenvalue weighted by Crippen LogP contribution is 2.23. The Hall–Kier alpha value is -0.860. The highest BCUT2D eigenvalue weighted by atomic mass is 15.1. The van der Waals surface area contributed by atoms with Gasteiger partial charge in [-0.3, -0.25) is 0 Å². The molecule has 2 N–H and O–H groups in total. The van der Waals surface area contributed by atoms with Crippen molar-refractivity contribution in [1.82, 2.24) is 4.90 Å². The average Bonchev–Trinajstić information content (AvgIpc) is 2.07. The largest absolute Gasteiger partial charge is 0.326 e. The maximum absolute atomic E-state index is 6.00. The summed E-state index contributed by atoms with van der Waals surface area (Å²) in [5.74, 6) is 0. The molecule has 1 aromatic rings. The van der Waals surface area contributed by atoms with Crippen LogP contribution in [0.25, 0.3) is 0 Å². The average molecular weight is 192 g/mol. The molecule has 0 bridgehead atoms. The SMILES string of the molecule is Cc1ccccc1[C@H]([C@H](C)N)N(C)C. The normalized spacial score (nSPS) is 15.6. The van der Waals surface area contributed by atoms with Crippen molar-refractivity contribution >= 4 is 0 Å². The molecule has 0 aliphatic carbocycles. The summed E-state index contributed by atoms with van der Waals surface area (Å²) < 4.78 is 0. The topological polar surface area (TPSA) is 29.3 Å². The number of hydrogen-bond acceptors (Lipinski definition) is 2. The van der Waals surface area contributed by atoms with Crippen LogP contribution in [0.1, 0.15) is 24.1 Å². The molecule has 0 aliphatic rings. The molecule has 0 spiro atoms. The van der Waals surface area contributed by atoms with Gasteiger partial charge in [-0.15, -0.1) is 0 Å². The Kier molecular flexibility index (Phi) is 3.67. The van der Waals surface area contributed by atoms with Crippen molar-refractivity contribution in [3.05, 3.63) is 35.4 Å². The number of hydrogen-bond donors (Lipinski definition) is 1. The van der Waals surface area contributed by atoms with Crippen LogP contribution < -0.4 is 5.73 Å². The Morgan fingerprint density at radius 1 is 1.21 bits per heavy atom.